The van der Waals surface area contributed by atoms with Crippen LogP contribution in [0.25, 0.3) is 0 Å². The molecular formula is C19H20FN3. The van der Waals surface area contributed by atoms with Crippen molar-refractivity contribution in [2.24, 2.45) is 0 Å². The van der Waals surface area contributed by atoms with Crippen molar-refractivity contribution in [2.75, 3.05) is 0 Å². The van der Waals surface area contributed by atoms with Crippen molar-refractivity contribution in [1.29, 1.82) is 0 Å². The lowest BCUT2D eigenvalue weighted by Crippen LogP contribution is -2.13. The van der Waals surface area contributed by atoms with E-state index in [0.717, 1.165) is 11.4 Å². The Balaban J connectivity index is 2.46. The van der Waals surface area contributed by atoms with Crippen molar-refractivity contribution >= 4 is 0 Å². The van der Waals surface area contributed by atoms with Gasteiger partial charge in [0.05, 0.1) is 16.8 Å². The number of nitrogens with zero attached hydrogens (tertiary/aromatic N) is 2. The number of H-pyrrole nitrogens is 1. The van der Waals surface area contributed by atoms with Crippen molar-refractivity contribution in [3.63, 3.8) is 0 Å². The Bertz CT molecular complexity index is 803. The topological polar surface area (TPSA) is 41.6 Å². The molecule has 0 bridgehead atoms. The molecule has 1 N–H and O–H groups in total. The van der Waals surface area contributed by atoms with E-state index in [9.17, 15) is 4.39 Å². The highest BCUT2D eigenvalue weighted by Crippen LogP contribution is 2.18. The van der Waals surface area contributed by atoms with Gasteiger partial charge in [-0.05, 0) is 25.1 Å². The van der Waals surface area contributed by atoms with Crippen LogP contribution in [0.4, 0.5) is 4.39 Å². The molecule has 1 heterocycles. The molecule has 0 amide bonds. The summed E-state index contributed by atoms with van der Waals surface area (Å²) in [6.45, 7) is 8.16. The maximum Gasteiger partial charge on any atom is 0.138 e. The Hall–Kier alpha value is -2.67. The summed E-state index contributed by atoms with van der Waals surface area (Å²) in [6, 6.07) is 8.36. The first-order chi connectivity index (χ1) is 10.9. The van der Waals surface area contributed by atoms with Gasteiger partial charge >= 0.3 is 0 Å². The molecule has 0 aliphatic heterocycles. The van der Waals surface area contributed by atoms with Crippen molar-refractivity contribution in [1.82, 2.24) is 15.2 Å². The molecule has 0 atom stereocenters. The van der Waals surface area contributed by atoms with Gasteiger partial charge in [-0.15, -0.1) is 0 Å². The average molecular weight is 309 g/mol. The number of hydrogen-bond acceptors (Lipinski definition) is 2. The quantitative estimate of drug-likeness (QED) is 0.745. The Morgan fingerprint density at radius 1 is 1.13 bits per heavy atom. The Kier molecular flexibility index (Phi) is 5.13. The third-order valence-corrected chi connectivity index (χ3v) is 3.14. The summed E-state index contributed by atoms with van der Waals surface area (Å²) in [5, 5.41) is 7.28. The van der Waals surface area contributed by atoms with Crippen LogP contribution in [0.15, 0.2) is 42.7 Å². The lowest BCUT2D eigenvalue weighted by molar-refractivity contribution is 0.560. The van der Waals surface area contributed by atoms with Crippen LogP contribution >= 0.6 is 0 Å². The number of nitrogens with one attached hydrogen (secondary N) is 1. The molecule has 118 valence electrons. The van der Waals surface area contributed by atoms with Crippen LogP contribution in [0.2, 0.25) is 0 Å². The summed E-state index contributed by atoms with van der Waals surface area (Å²) in [6.07, 6.45) is 3.31. The summed E-state index contributed by atoms with van der Waals surface area (Å²) in [7, 11) is 0. The lowest BCUT2D eigenvalue weighted by Gasteiger charge is -2.15. The zero-order valence-electron chi connectivity index (χ0n) is 13.8. The van der Waals surface area contributed by atoms with Gasteiger partial charge in [-0.25, -0.2) is 4.39 Å². The van der Waals surface area contributed by atoms with E-state index in [2.05, 4.69) is 47.8 Å². The Labute approximate surface area is 136 Å². The van der Waals surface area contributed by atoms with Crippen molar-refractivity contribution in [2.45, 2.75) is 33.1 Å². The first-order valence-electron chi connectivity index (χ1n) is 7.39. The third kappa shape index (κ3) is 4.93. The molecule has 2 aromatic rings. The summed E-state index contributed by atoms with van der Waals surface area (Å²) < 4.78 is 13.6. The fraction of sp³-hybridized carbons (Fsp3) is 0.263. The number of rotatable bonds is 0. The van der Waals surface area contributed by atoms with Gasteiger partial charge in [0.1, 0.15) is 5.82 Å². The first-order valence-corrected chi connectivity index (χ1v) is 7.39. The highest BCUT2D eigenvalue weighted by atomic mass is 19.1. The van der Waals surface area contributed by atoms with Gasteiger partial charge in [0, 0.05) is 23.5 Å². The second kappa shape index (κ2) is 7.06. The molecule has 0 aliphatic rings. The fourth-order valence-corrected chi connectivity index (χ4v) is 1.80. The largest absolute Gasteiger partial charge is 0.284 e. The molecule has 0 aliphatic carbocycles. The molecule has 0 radical (unpaired) electrons. The first kappa shape index (κ1) is 16.7. The van der Waals surface area contributed by atoms with Gasteiger partial charge in [0.15, 0.2) is 0 Å². The summed E-state index contributed by atoms with van der Waals surface area (Å²) in [4.78, 5) is 4.37. The molecule has 4 heteroatoms. The highest BCUT2D eigenvalue weighted by molar-refractivity contribution is 5.41. The van der Waals surface area contributed by atoms with Crippen LogP contribution < -0.4 is 0 Å². The predicted octanol–water partition coefficient (Wildman–Crippen LogP) is 4.07. The van der Waals surface area contributed by atoms with Gasteiger partial charge in [-0.2, -0.15) is 5.10 Å². The molecule has 1 aromatic carbocycles. The van der Waals surface area contributed by atoms with Crippen LogP contribution in [0.5, 0.6) is 0 Å². The molecule has 2 rings (SSSR count). The SMILES string of the molecule is Cc1cc(C(C)(C)C)n[nH]cc(C#Cc2ccccc2F)cn1. The van der Waals surface area contributed by atoms with Crippen LogP contribution in [-0.2, 0) is 5.41 Å². The van der Waals surface area contributed by atoms with E-state index in [0.29, 0.717) is 11.1 Å². The van der Waals surface area contributed by atoms with Crippen molar-refractivity contribution in [3.05, 3.63) is 71.1 Å². The number of aromatic nitrogens is 3. The van der Waals surface area contributed by atoms with Gasteiger partial charge in [-0.1, -0.05) is 44.7 Å². The number of halogens is 1. The summed E-state index contributed by atoms with van der Waals surface area (Å²) in [5.41, 5.74) is 2.61. The molecule has 0 fully saturated rings. The molecule has 0 saturated carbocycles. The minimum absolute atomic E-state index is 0.0963. The number of hydrogen-bond donors (Lipinski definition) is 1. The zero-order valence-corrected chi connectivity index (χ0v) is 13.8. The van der Waals surface area contributed by atoms with E-state index in [4.69, 9.17) is 0 Å². The lowest BCUT2D eigenvalue weighted by atomic mass is 9.92. The number of aryl methyl sites for hydroxylation is 1. The summed E-state index contributed by atoms with van der Waals surface area (Å²) in [5.74, 6) is 5.39. The summed E-state index contributed by atoms with van der Waals surface area (Å²) >= 11 is 0. The minimum Gasteiger partial charge on any atom is -0.284 e. The second-order valence-electron chi connectivity index (χ2n) is 6.25. The minimum atomic E-state index is -0.335. The average Bonchev–Trinajstić information content (AvgIpc) is 2.57. The van der Waals surface area contributed by atoms with Crippen LogP contribution in [0.3, 0.4) is 0 Å². The number of aromatic amines is 1. The molecule has 0 saturated heterocycles. The third-order valence-electron chi connectivity index (χ3n) is 3.14. The van der Waals surface area contributed by atoms with Crippen LogP contribution in [0, 0.1) is 24.6 Å². The van der Waals surface area contributed by atoms with E-state index in [1.54, 1.807) is 30.6 Å². The Morgan fingerprint density at radius 3 is 2.57 bits per heavy atom. The highest BCUT2D eigenvalue weighted by Gasteiger charge is 2.14. The van der Waals surface area contributed by atoms with Crippen molar-refractivity contribution in [3.8, 4) is 11.8 Å². The molecule has 3 nitrogen and oxygen atoms in total. The normalized spacial score (nSPS) is 10.5. The van der Waals surface area contributed by atoms with Crippen molar-refractivity contribution < 1.29 is 4.39 Å². The standard InChI is InChI=1S/C19H20FN3/c1-14-11-18(19(2,3)4)23-22-13-15(12-21-14)9-10-16-7-5-6-8-17(16)20/h5-8,11-13,22H,1-4H3. The molecule has 1 aromatic heterocycles. The molecule has 0 spiro atoms. The monoisotopic (exact) mass is 309 g/mol. The van der Waals surface area contributed by atoms with E-state index >= 15 is 0 Å². The molecule has 0 unspecified atom stereocenters. The fourth-order valence-electron chi connectivity index (χ4n) is 1.80. The van der Waals surface area contributed by atoms with E-state index in [1.807, 2.05) is 13.0 Å². The molecular weight excluding hydrogens is 289 g/mol. The maximum atomic E-state index is 13.6. The zero-order chi connectivity index (χ0) is 16.9. The Morgan fingerprint density at radius 2 is 1.87 bits per heavy atom. The maximum absolute atomic E-state index is 13.6. The van der Waals surface area contributed by atoms with E-state index in [-0.39, 0.29) is 11.2 Å². The van der Waals surface area contributed by atoms with Gasteiger partial charge in [0.2, 0.25) is 0 Å². The second-order valence-corrected chi connectivity index (χ2v) is 6.25. The van der Waals surface area contributed by atoms with E-state index < -0.39 is 0 Å². The van der Waals surface area contributed by atoms with Gasteiger partial charge in [-0.3, -0.25) is 10.1 Å². The molecule has 23 heavy (non-hydrogen) atoms. The smallest absolute Gasteiger partial charge is 0.138 e. The van der Waals surface area contributed by atoms with Crippen LogP contribution in [-0.4, -0.2) is 15.2 Å². The number of benzene rings is 1. The van der Waals surface area contributed by atoms with Gasteiger partial charge in [0.25, 0.3) is 0 Å². The van der Waals surface area contributed by atoms with Gasteiger partial charge < -0.3 is 0 Å². The van der Waals surface area contributed by atoms with E-state index in [1.165, 1.54) is 6.07 Å². The predicted molar refractivity (Wildman–Crippen MR) is 89.8 cm³/mol. The van der Waals surface area contributed by atoms with Crippen LogP contribution in [0.1, 0.15) is 43.3 Å².